The zero-order valence-electron chi connectivity index (χ0n) is 13.8. The zero-order valence-corrected chi connectivity index (χ0v) is 13.8. The van der Waals surface area contributed by atoms with Crippen molar-refractivity contribution in [3.8, 4) is 11.5 Å². The van der Waals surface area contributed by atoms with Crippen LogP contribution in [0.5, 0.6) is 11.5 Å². The Hall–Kier alpha value is -1.26. The van der Waals surface area contributed by atoms with Crippen molar-refractivity contribution in [3.05, 3.63) is 23.8 Å². The molecule has 4 heteroatoms. The number of hydrogen-bond donors (Lipinski definition) is 1. The van der Waals surface area contributed by atoms with Crippen molar-refractivity contribution in [2.45, 2.75) is 33.7 Å². The molecule has 1 aromatic carbocycles. The van der Waals surface area contributed by atoms with Crippen molar-refractivity contribution >= 4 is 0 Å². The Morgan fingerprint density at radius 3 is 2.57 bits per heavy atom. The van der Waals surface area contributed by atoms with E-state index in [0.717, 1.165) is 37.6 Å². The number of hydrogen-bond acceptors (Lipinski definition) is 4. The number of ether oxygens (including phenoxy) is 3. The molecule has 0 amide bonds. The first-order valence-electron chi connectivity index (χ1n) is 7.75. The molecule has 0 aliphatic heterocycles. The lowest BCUT2D eigenvalue weighted by atomic mass is 10.2. The van der Waals surface area contributed by atoms with E-state index in [1.165, 1.54) is 5.56 Å². The molecule has 21 heavy (non-hydrogen) atoms. The Morgan fingerprint density at radius 2 is 1.90 bits per heavy atom. The Bertz CT molecular complexity index is 394. The molecule has 0 bridgehead atoms. The van der Waals surface area contributed by atoms with Crippen molar-refractivity contribution < 1.29 is 14.2 Å². The van der Waals surface area contributed by atoms with Crippen LogP contribution in [0.25, 0.3) is 0 Å². The van der Waals surface area contributed by atoms with E-state index in [0.29, 0.717) is 19.1 Å². The van der Waals surface area contributed by atoms with Gasteiger partial charge in [-0.2, -0.15) is 0 Å². The molecule has 0 aliphatic carbocycles. The van der Waals surface area contributed by atoms with Crippen LogP contribution in [0.3, 0.4) is 0 Å². The first-order valence-corrected chi connectivity index (χ1v) is 7.75. The van der Waals surface area contributed by atoms with Crippen LogP contribution in [0.1, 0.15) is 32.8 Å². The molecule has 0 aliphatic rings. The lowest BCUT2D eigenvalue weighted by Gasteiger charge is -2.13. The molecule has 0 fully saturated rings. The zero-order chi connectivity index (χ0) is 15.5. The van der Waals surface area contributed by atoms with Crippen molar-refractivity contribution in [1.29, 1.82) is 0 Å². The highest BCUT2D eigenvalue weighted by Gasteiger charge is 2.06. The third-order valence-corrected chi connectivity index (χ3v) is 2.94. The summed E-state index contributed by atoms with van der Waals surface area (Å²) in [6.07, 6.45) is 1.03. The summed E-state index contributed by atoms with van der Waals surface area (Å²) in [5.41, 5.74) is 1.20. The van der Waals surface area contributed by atoms with Gasteiger partial charge in [-0.25, -0.2) is 0 Å². The van der Waals surface area contributed by atoms with Crippen LogP contribution in [-0.2, 0) is 11.3 Å². The summed E-state index contributed by atoms with van der Waals surface area (Å²) in [6.45, 7) is 10.3. The van der Waals surface area contributed by atoms with E-state index in [1.54, 1.807) is 7.11 Å². The summed E-state index contributed by atoms with van der Waals surface area (Å²) >= 11 is 0. The minimum absolute atomic E-state index is 0.543. The minimum atomic E-state index is 0.543. The highest BCUT2D eigenvalue weighted by atomic mass is 16.5. The normalized spacial score (nSPS) is 10.9. The van der Waals surface area contributed by atoms with Crippen LogP contribution in [0.4, 0.5) is 0 Å². The first kappa shape index (κ1) is 17.8. The van der Waals surface area contributed by atoms with Gasteiger partial charge in [0.2, 0.25) is 0 Å². The molecule has 0 aromatic heterocycles. The van der Waals surface area contributed by atoms with Gasteiger partial charge < -0.3 is 19.5 Å². The average molecular weight is 295 g/mol. The maximum atomic E-state index is 5.70. The van der Waals surface area contributed by atoms with E-state index in [2.05, 4.69) is 32.2 Å². The van der Waals surface area contributed by atoms with Crippen LogP contribution >= 0.6 is 0 Å². The van der Waals surface area contributed by atoms with Gasteiger partial charge in [-0.1, -0.05) is 26.8 Å². The standard InChI is InChI=1S/C17H29NO3/c1-5-8-20-9-10-21-16-7-6-15(11-17(16)19-4)13-18-12-14(2)3/h6-7,11,14,18H,5,8-10,12-13H2,1-4H3. The average Bonchev–Trinajstić information content (AvgIpc) is 2.47. The fraction of sp³-hybridized carbons (Fsp3) is 0.647. The summed E-state index contributed by atoms with van der Waals surface area (Å²) < 4.78 is 16.5. The third kappa shape index (κ3) is 7.34. The van der Waals surface area contributed by atoms with Crippen molar-refractivity contribution in [2.24, 2.45) is 5.92 Å². The topological polar surface area (TPSA) is 39.7 Å². The lowest BCUT2D eigenvalue weighted by molar-refractivity contribution is 0.0995. The fourth-order valence-electron chi connectivity index (χ4n) is 1.90. The predicted molar refractivity (Wildman–Crippen MR) is 86.1 cm³/mol. The Balaban J connectivity index is 2.46. The van der Waals surface area contributed by atoms with Crippen LogP contribution in [0.2, 0.25) is 0 Å². The molecular formula is C17H29NO3. The first-order chi connectivity index (χ1) is 10.2. The summed E-state index contributed by atoms with van der Waals surface area (Å²) in [5, 5.41) is 3.42. The van der Waals surface area contributed by atoms with Gasteiger partial charge in [-0.15, -0.1) is 0 Å². The monoisotopic (exact) mass is 295 g/mol. The van der Waals surface area contributed by atoms with Gasteiger partial charge in [0.15, 0.2) is 11.5 Å². The van der Waals surface area contributed by atoms with Crippen molar-refractivity contribution in [3.63, 3.8) is 0 Å². The molecule has 0 atom stereocenters. The molecule has 120 valence electrons. The smallest absolute Gasteiger partial charge is 0.161 e. The molecule has 0 saturated carbocycles. The molecule has 4 nitrogen and oxygen atoms in total. The van der Waals surface area contributed by atoms with Gasteiger partial charge in [-0.3, -0.25) is 0 Å². The van der Waals surface area contributed by atoms with E-state index in [4.69, 9.17) is 14.2 Å². The second-order valence-corrected chi connectivity index (χ2v) is 5.47. The Morgan fingerprint density at radius 1 is 1.10 bits per heavy atom. The van der Waals surface area contributed by atoms with Gasteiger partial charge in [0, 0.05) is 13.2 Å². The van der Waals surface area contributed by atoms with Crippen LogP contribution in [0, 0.1) is 5.92 Å². The molecule has 1 rings (SSSR count). The van der Waals surface area contributed by atoms with E-state index in [1.807, 2.05) is 12.1 Å². The number of benzene rings is 1. The van der Waals surface area contributed by atoms with Crippen LogP contribution in [0.15, 0.2) is 18.2 Å². The molecule has 0 unspecified atom stereocenters. The second-order valence-electron chi connectivity index (χ2n) is 5.47. The summed E-state index contributed by atoms with van der Waals surface area (Å²) in [6, 6.07) is 6.05. The van der Waals surface area contributed by atoms with Crippen molar-refractivity contribution in [1.82, 2.24) is 5.32 Å². The molecule has 0 radical (unpaired) electrons. The quantitative estimate of drug-likeness (QED) is 0.636. The maximum absolute atomic E-state index is 5.70. The number of nitrogens with one attached hydrogen (secondary N) is 1. The summed E-state index contributed by atoms with van der Waals surface area (Å²) in [7, 11) is 1.67. The third-order valence-electron chi connectivity index (χ3n) is 2.94. The molecule has 1 N–H and O–H groups in total. The highest BCUT2D eigenvalue weighted by Crippen LogP contribution is 2.28. The van der Waals surface area contributed by atoms with E-state index < -0.39 is 0 Å². The van der Waals surface area contributed by atoms with E-state index in [-0.39, 0.29) is 0 Å². The van der Waals surface area contributed by atoms with Crippen LogP contribution < -0.4 is 14.8 Å². The molecule has 0 heterocycles. The fourth-order valence-corrected chi connectivity index (χ4v) is 1.90. The minimum Gasteiger partial charge on any atom is -0.493 e. The lowest BCUT2D eigenvalue weighted by Crippen LogP contribution is -2.19. The van der Waals surface area contributed by atoms with Crippen LogP contribution in [-0.4, -0.2) is 33.5 Å². The van der Waals surface area contributed by atoms with Gasteiger partial charge in [0.25, 0.3) is 0 Å². The van der Waals surface area contributed by atoms with Gasteiger partial charge in [0.1, 0.15) is 6.61 Å². The second kappa shape index (κ2) is 10.5. The highest BCUT2D eigenvalue weighted by molar-refractivity contribution is 5.42. The molecule has 0 saturated heterocycles. The Labute approximate surface area is 128 Å². The number of rotatable bonds is 11. The maximum Gasteiger partial charge on any atom is 0.161 e. The van der Waals surface area contributed by atoms with E-state index in [9.17, 15) is 0 Å². The van der Waals surface area contributed by atoms with Gasteiger partial charge >= 0.3 is 0 Å². The van der Waals surface area contributed by atoms with E-state index >= 15 is 0 Å². The molecule has 1 aromatic rings. The van der Waals surface area contributed by atoms with Gasteiger partial charge in [-0.05, 0) is 36.6 Å². The summed E-state index contributed by atoms with van der Waals surface area (Å²) in [4.78, 5) is 0. The number of methoxy groups -OCH3 is 1. The SMILES string of the molecule is CCCOCCOc1ccc(CNCC(C)C)cc1OC. The Kier molecular flexibility index (Phi) is 8.87. The van der Waals surface area contributed by atoms with Crippen molar-refractivity contribution in [2.75, 3.05) is 33.5 Å². The molecular weight excluding hydrogens is 266 g/mol. The predicted octanol–water partition coefficient (Wildman–Crippen LogP) is 3.25. The molecule has 0 spiro atoms. The summed E-state index contributed by atoms with van der Waals surface area (Å²) in [5.74, 6) is 2.19. The largest absolute Gasteiger partial charge is 0.493 e. The van der Waals surface area contributed by atoms with Gasteiger partial charge in [0.05, 0.1) is 13.7 Å².